The van der Waals surface area contributed by atoms with E-state index in [9.17, 15) is 18.5 Å². The van der Waals surface area contributed by atoms with Crippen LogP contribution in [0.15, 0.2) is 41.4 Å². The largest absolute Gasteiger partial charge is 0.364 e. The predicted octanol–water partition coefficient (Wildman–Crippen LogP) is 2.70. The van der Waals surface area contributed by atoms with E-state index < -0.39 is 14.8 Å². The van der Waals surface area contributed by atoms with Crippen molar-refractivity contribution in [3.8, 4) is 0 Å². The second kappa shape index (κ2) is 6.93. The van der Waals surface area contributed by atoms with Crippen molar-refractivity contribution in [3.63, 3.8) is 0 Å². The number of sulfone groups is 1. The van der Waals surface area contributed by atoms with Gasteiger partial charge in [0.2, 0.25) is 5.82 Å². The van der Waals surface area contributed by atoms with E-state index in [1.54, 1.807) is 12.1 Å². The Morgan fingerprint density at radius 2 is 1.87 bits per heavy atom. The van der Waals surface area contributed by atoms with E-state index in [2.05, 4.69) is 10.3 Å². The zero-order valence-corrected chi connectivity index (χ0v) is 13.8. The number of benzene rings is 1. The Balaban J connectivity index is 2.16. The van der Waals surface area contributed by atoms with Crippen LogP contribution < -0.4 is 5.32 Å². The van der Waals surface area contributed by atoms with E-state index in [1.807, 2.05) is 12.1 Å². The molecule has 0 atom stereocenters. The predicted molar refractivity (Wildman–Crippen MR) is 87.6 cm³/mol. The van der Waals surface area contributed by atoms with Gasteiger partial charge in [-0.3, -0.25) is 10.1 Å². The highest BCUT2D eigenvalue weighted by molar-refractivity contribution is 7.90. The molecule has 23 heavy (non-hydrogen) atoms. The molecule has 1 aromatic heterocycles. The van der Waals surface area contributed by atoms with Crippen molar-refractivity contribution in [1.29, 1.82) is 0 Å². The fourth-order valence-electron chi connectivity index (χ4n) is 1.89. The van der Waals surface area contributed by atoms with Crippen molar-refractivity contribution < 1.29 is 13.3 Å². The van der Waals surface area contributed by atoms with Gasteiger partial charge >= 0.3 is 5.69 Å². The Bertz CT molecular complexity index is 822. The second-order valence-electron chi connectivity index (χ2n) is 4.85. The summed E-state index contributed by atoms with van der Waals surface area (Å²) in [6, 6.07) is 9.45. The maximum absolute atomic E-state index is 11.5. The molecule has 0 saturated carbocycles. The molecule has 2 rings (SSSR count). The van der Waals surface area contributed by atoms with Gasteiger partial charge in [0, 0.05) is 23.9 Å². The summed E-state index contributed by atoms with van der Waals surface area (Å²) in [7, 11) is -3.54. The third-order valence-electron chi connectivity index (χ3n) is 3.04. The van der Waals surface area contributed by atoms with Gasteiger partial charge in [-0.15, -0.1) is 0 Å². The van der Waals surface area contributed by atoms with Gasteiger partial charge in [-0.05, 0) is 30.2 Å². The van der Waals surface area contributed by atoms with Crippen LogP contribution in [-0.2, 0) is 16.3 Å². The first kappa shape index (κ1) is 17.2. The monoisotopic (exact) mass is 355 g/mol. The number of halogens is 1. The van der Waals surface area contributed by atoms with Crippen LogP contribution in [0.2, 0.25) is 5.02 Å². The molecule has 0 amide bonds. The van der Waals surface area contributed by atoms with Gasteiger partial charge < -0.3 is 5.32 Å². The molecule has 122 valence electrons. The molecular formula is C14H14ClN3O4S. The van der Waals surface area contributed by atoms with Gasteiger partial charge in [-0.25, -0.2) is 13.4 Å². The normalized spacial score (nSPS) is 11.2. The molecule has 1 heterocycles. The summed E-state index contributed by atoms with van der Waals surface area (Å²) < 4.78 is 23.0. The van der Waals surface area contributed by atoms with E-state index in [-0.39, 0.29) is 16.5 Å². The highest BCUT2D eigenvalue weighted by Gasteiger charge is 2.19. The Kier molecular flexibility index (Phi) is 5.17. The van der Waals surface area contributed by atoms with Crippen LogP contribution in [0, 0.1) is 10.1 Å². The van der Waals surface area contributed by atoms with Crippen LogP contribution in [0.25, 0.3) is 0 Å². The number of pyridine rings is 1. The lowest BCUT2D eigenvalue weighted by atomic mass is 10.1. The summed E-state index contributed by atoms with van der Waals surface area (Å²) in [6.45, 7) is 0.364. The van der Waals surface area contributed by atoms with E-state index in [4.69, 9.17) is 11.6 Å². The van der Waals surface area contributed by atoms with Gasteiger partial charge in [0.15, 0.2) is 14.9 Å². The topological polar surface area (TPSA) is 102 Å². The average Bonchev–Trinajstić information content (AvgIpc) is 2.48. The fraction of sp³-hybridized carbons (Fsp3) is 0.214. The zero-order valence-electron chi connectivity index (χ0n) is 12.2. The summed E-state index contributed by atoms with van der Waals surface area (Å²) in [6.07, 6.45) is 1.58. The van der Waals surface area contributed by atoms with Crippen LogP contribution >= 0.6 is 11.6 Å². The maximum atomic E-state index is 11.5. The average molecular weight is 356 g/mol. The first-order valence-electron chi connectivity index (χ1n) is 6.61. The summed E-state index contributed by atoms with van der Waals surface area (Å²) in [4.78, 5) is 14.3. The van der Waals surface area contributed by atoms with Crippen LogP contribution in [0.4, 0.5) is 11.5 Å². The zero-order chi connectivity index (χ0) is 17.0. The molecule has 0 fully saturated rings. The van der Waals surface area contributed by atoms with Gasteiger partial charge in [-0.2, -0.15) is 0 Å². The van der Waals surface area contributed by atoms with Crippen molar-refractivity contribution in [3.05, 3.63) is 57.1 Å². The SMILES string of the molecule is CS(=O)(=O)c1ccc([N+](=O)[O-])c(NCCc2ccc(Cl)cc2)n1. The molecule has 0 spiro atoms. The van der Waals surface area contributed by atoms with Crippen molar-refractivity contribution in [2.75, 3.05) is 18.1 Å². The summed E-state index contributed by atoms with van der Waals surface area (Å²) in [5.41, 5.74) is 0.720. The van der Waals surface area contributed by atoms with Gasteiger partial charge in [0.1, 0.15) is 0 Å². The van der Waals surface area contributed by atoms with Gasteiger partial charge in [0.25, 0.3) is 0 Å². The molecule has 1 aromatic carbocycles. The Morgan fingerprint density at radius 3 is 2.43 bits per heavy atom. The lowest BCUT2D eigenvalue weighted by Gasteiger charge is -2.08. The van der Waals surface area contributed by atoms with Crippen LogP contribution in [0.3, 0.4) is 0 Å². The molecule has 0 bridgehead atoms. The maximum Gasteiger partial charge on any atom is 0.311 e. The molecule has 0 aliphatic rings. The molecule has 0 aliphatic heterocycles. The molecule has 0 radical (unpaired) electrons. The molecule has 7 nitrogen and oxygen atoms in total. The first-order valence-corrected chi connectivity index (χ1v) is 8.88. The smallest absolute Gasteiger partial charge is 0.311 e. The number of hydrogen-bond acceptors (Lipinski definition) is 6. The summed E-state index contributed by atoms with van der Waals surface area (Å²) >= 11 is 5.80. The lowest BCUT2D eigenvalue weighted by Crippen LogP contribution is -2.11. The van der Waals surface area contributed by atoms with Crippen molar-refractivity contribution >= 4 is 32.9 Å². The van der Waals surface area contributed by atoms with Crippen molar-refractivity contribution in [1.82, 2.24) is 4.98 Å². The van der Waals surface area contributed by atoms with Crippen molar-refractivity contribution in [2.45, 2.75) is 11.4 Å². The molecule has 2 aromatic rings. The number of nitrogens with zero attached hydrogens (tertiary/aromatic N) is 2. The highest BCUT2D eigenvalue weighted by Crippen LogP contribution is 2.23. The second-order valence-corrected chi connectivity index (χ2v) is 7.25. The van der Waals surface area contributed by atoms with Crippen molar-refractivity contribution in [2.24, 2.45) is 0 Å². The molecule has 0 saturated heterocycles. The molecular weight excluding hydrogens is 342 g/mol. The highest BCUT2D eigenvalue weighted by atomic mass is 35.5. The minimum atomic E-state index is -3.54. The number of aromatic nitrogens is 1. The summed E-state index contributed by atoms with van der Waals surface area (Å²) in [5, 5.41) is 14.2. The number of hydrogen-bond donors (Lipinski definition) is 1. The quantitative estimate of drug-likeness (QED) is 0.631. The van der Waals surface area contributed by atoms with E-state index in [0.29, 0.717) is 18.0 Å². The standard InChI is InChI=1S/C14H14ClN3O4S/c1-23(21,22)13-7-6-12(18(19)20)14(17-13)16-9-8-10-2-4-11(15)5-3-10/h2-7H,8-9H2,1H3,(H,16,17). The minimum Gasteiger partial charge on any atom is -0.364 e. The van der Waals surface area contributed by atoms with Gasteiger partial charge in [0.05, 0.1) is 4.92 Å². The molecule has 0 unspecified atom stereocenters. The third-order valence-corrected chi connectivity index (χ3v) is 4.28. The Labute approximate surface area is 138 Å². The molecule has 0 aliphatic carbocycles. The van der Waals surface area contributed by atoms with Crippen LogP contribution in [0.5, 0.6) is 0 Å². The fourth-order valence-corrected chi connectivity index (χ4v) is 2.59. The molecule has 1 N–H and O–H groups in total. The summed E-state index contributed by atoms with van der Waals surface area (Å²) in [5.74, 6) is -0.0631. The van der Waals surface area contributed by atoms with E-state index in [1.165, 1.54) is 0 Å². The van der Waals surface area contributed by atoms with Crippen LogP contribution in [-0.4, -0.2) is 31.1 Å². The molecule has 9 heteroatoms. The van der Waals surface area contributed by atoms with E-state index in [0.717, 1.165) is 24.0 Å². The number of nitrogens with one attached hydrogen (secondary N) is 1. The third kappa shape index (κ3) is 4.64. The Hall–Kier alpha value is -2.19. The number of nitro groups is 1. The number of rotatable bonds is 6. The number of anilines is 1. The van der Waals surface area contributed by atoms with Gasteiger partial charge in [-0.1, -0.05) is 23.7 Å². The first-order chi connectivity index (χ1) is 10.8. The van der Waals surface area contributed by atoms with E-state index >= 15 is 0 Å². The minimum absolute atomic E-state index is 0.0631. The van der Waals surface area contributed by atoms with Crippen LogP contribution in [0.1, 0.15) is 5.56 Å². The Morgan fingerprint density at radius 1 is 1.22 bits per heavy atom. The lowest BCUT2D eigenvalue weighted by molar-refractivity contribution is -0.384.